The van der Waals surface area contributed by atoms with Crippen molar-refractivity contribution in [2.45, 2.75) is 97.3 Å². The van der Waals surface area contributed by atoms with Crippen LogP contribution in [-0.2, 0) is 37.3 Å². The second-order valence-corrected chi connectivity index (χ2v) is 24.1. The van der Waals surface area contributed by atoms with Crippen molar-refractivity contribution in [1.82, 2.24) is 14.1 Å². The minimum Gasteiger partial charge on any atom is -0.510 e. The van der Waals surface area contributed by atoms with Crippen LogP contribution in [0.15, 0.2) is 231 Å². The van der Waals surface area contributed by atoms with Crippen LogP contribution in [0.2, 0.25) is 0 Å². The zero-order valence-corrected chi connectivity index (χ0v) is 51.4. The Labute approximate surface area is 505 Å². The number of hydrogen-bond acceptors (Lipinski definition) is 2. The average molecular weight is 1260 g/mol. The largest absolute Gasteiger partial charge is 0.510 e. The molecule has 9 aromatic carbocycles. The molecule has 3 aromatic heterocycles. The molecule has 0 amide bonds. The number of ether oxygens (including phenoxy) is 1. The van der Waals surface area contributed by atoms with Crippen LogP contribution in [0.5, 0.6) is 11.5 Å². The van der Waals surface area contributed by atoms with Crippen molar-refractivity contribution in [2.75, 3.05) is 0 Å². The first-order chi connectivity index (χ1) is 39.6. The number of nitrogens with zero attached hydrogens (tertiary/aromatic N) is 4. The third kappa shape index (κ3) is 10.7. The van der Waals surface area contributed by atoms with Crippen molar-refractivity contribution in [3.63, 3.8) is 0 Å². The summed E-state index contributed by atoms with van der Waals surface area (Å²) in [6, 6.07) is 85.8. The smallest absolute Gasteiger partial charge is 0.267 e. The first kappa shape index (κ1) is 56.5. The van der Waals surface area contributed by atoms with Gasteiger partial charge in [0.1, 0.15) is 5.82 Å². The zero-order valence-electron chi connectivity index (χ0n) is 49.1. The van der Waals surface area contributed by atoms with Crippen LogP contribution in [0.4, 0.5) is 0 Å². The molecule has 0 saturated heterocycles. The SMILES string of the molecule is CC(C)c1cccc(C(C)C)c1-c1c[n+](-c2cc(C(C)(C)c3ccccc3)cc(C(C)(C)c3ccccc3)c2)[c-]n1-c1[c-]c(Oc2[c-]c3c(cc2)c2ccccc2n3-c2cc(C(C)(C)c3ccccc3)ccn2)cc(-c2ccccc2)c1.[Pt]. The number of aromatic nitrogens is 4. The molecule has 0 radical (unpaired) electrons. The van der Waals surface area contributed by atoms with E-state index in [1.54, 1.807) is 0 Å². The third-order valence-electron chi connectivity index (χ3n) is 17.1. The van der Waals surface area contributed by atoms with Gasteiger partial charge in [-0.2, -0.15) is 12.1 Å². The van der Waals surface area contributed by atoms with E-state index >= 15 is 0 Å². The Morgan fingerprint density at radius 2 is 1.01 bits per heavy atom. The molecule has 0 unspecified atom stereocenters. The molecule has 0 saturated carbocycles. The van der Waals surface area contributed by atoms with E-state index in [1.165, 1.54) is 50.1 Å². The summed E-state index contributed by atoms with van der Waals surface area (Å²) in [5.74, 6) is 2.42. The summed E-state index contributed by atoms with van der Waals surface area (Å²) in [4.78, 5) is 5.03. The second-order valence-electron chi connectivity index (χ2n) is 24.1. The molecule has 6 heteroatoms. The van der Waals surface area contributed by atoms with E-state index in [1.807, 2.05) is 12.3 Å². The van der Waals surface area contributed by atoms with Gasteiger partial charge in [0.05, 0.1) is 11.4 Å². The fourth-order valence-corrected chi connectivity index (χ4v) is 12.0. The van der Waals surface area contributed by atoms with Gasteiger partial charge in [0, 0.05) is 66.7 Å². The molecule has 3 heterocycles. The van der Waals surface area contributed by atoms with Crippen molar-refractivity contribution in [2.24, 2.45) is 0 Å². The van der Waals surface area contributed by atoms with Crippen LogP contribution in [0.1, 0.15) is 126 Å². The Bertz CT molecular complexity index is 4170. The van der Waals surface area contributed by atoms with Gasteiger partial charge in [0.15, 0.2) is 0 Å². The van der Waals surface area contributed by atoms with Crippen LogP contribution in [0.3, 0.4) is 0 Å². The predicted octanol–water partition coefficient (Wildman–Crippen LogP) is 19.0. The van der Waals surface area contributed by atoms with E-state index in [2.05, 4.69) is 320 Å². The fraction of sp³-hybridized carbons (Fsp3) is 0.195. The Balaban J connectivity index is 0.00000721. The van der Waals surface area contributed by atoms with Gasteiger partial charge < -0.3 is 13.9 Å². The molecule has 0 atom stereocenters. The first-order valence-corrected chi connectivity index (χ1v) is 28.8. The minimum atomic E-state index is -0.321. The summed E-state index contributed by atoms with van der Waals surface area (Å²) in [6.07, 6.45) is 8.18. The number of imidazole rings is 1. The van der Waals surface area contributed by atoms with Gasteiger partial charge in [0.25, 0.3) is 6.33 Å². The summed E-state index contributed by atoms with van der Waals surface area (Å²) in [7, 11) is 0. The number of hydrogen-bond donors (Lipinski definition) is 0. The van der Waals surface area contributed by atoms with Crippen LogP contribution >= 0.6 is 0 Å². The Hall–Kier alpha value is -8.37. The maximum absolute atomic E-state index is 7.11. The Kier molecular flexibility index (Phi) is 15.5. The van der Waals surface area contributed by atoms with Crippen molar-refractivity contribution in [3.8, 4) is 51.1 Å². The van der Waals surface area contributed by atoms with Gasteiger partial charge in [-0.1, -0.05) is 239 Å². The van der Waals surface area contributed by atoms with Gasteiger partial charge in [0.2, 0.25) is 0 Å². The minimum absolute atomic E-state index is 0. The van der Waals surface area contributed by atoms with Crippen LogP contribution < -0.4 is 9.30 Å². The van der Waals surface area contributed by atoms with E-state index < -0.39 is 0 Å². The average Bonchev–Trinajstić information content (AvgIpc) is 3.25. The monoisotopic (exact) mass is 1260 g/mol. The van der Waals surface area contributed by atoms with Crippen LogP contribution in [-0.4, -0.2) is 14.1 Å². The number of benzene rings is 9. The number of fused-ring (bicyclic) bond motifs is 3. The van der Waals surface area contributed by atoms with Gasteiger partial charge in [-0.05, 0) is 109 Å². The van der Waals surface area contributed by atoms with Crippen LogP contribution in [0, 0.1) is 18.5 Å². The van der Waals surface area contributed by atoms with Crippen molar-refractivity contribution >= 4 is 21.8 Å². The predicted molar refractivity (Wildman–Crippen MR) is 337 cm³/mol. The van der Waals surface area contributed by atoms with Gasteiger partial charge in [-0.25, -0.2) is 4.98 Å². The molecule has 0 aliphatic rings. The van der Waals surface area contributed by atoms with E-state index in [4.69, 9.17) is 9.72 Å². The normalized spacial score (nSPS) is 12.1. The van der Waals surface area contributed by atoms with Crippen molar-refractivity contribution in [1.29, 1.82) is 0 Å². The Morgan fingerprint density at radius 3 is 1.59 bits per heavy atom. The van der Waals surface area contributed by atoms with Crippen molar-refractivity contribution < 1.29 is 30.4 Å². The van der Waals surface area contributed by atoms with Crippen molar-refractivity contribution in [3.05, 3.63) is 294 Å². The molecule has 12 aromatic rings. The molecule has 12 rings (SSSR count). The van der Waals surface area contributed by atoms with Gasteiger partial charge in [-0.3, -0.25) is 4.57 Å². The summed E-state index contributed by atoms with van der Waals surface area (Å²) in [5.41, 5.74) is 17.0. The number of pyridine rings is 1. The maximum atomic E-state index is 7.11. The molecular formula is C77H70N4OPt-2. The summed E-state index contributed by atoms with van der Waals surface area (Å²) in [5, 5.41) is 2.18. The molecule has 0 bridgehead atoms. The van der Waals surface area contributed by atoms with Crippen LogP contribution in [0.25, 0.3) is 61.4 Å². The topological polar surface area (TPSA) is 35.9 Å². The van der Waals surface area contributed by atoms with Gasteiger partial charge >= 0.3 is 0 Å². The number of para-hydroxylation sites is 1. The van der Waals surface area contributed by atoms with E-state index in [0.717, 1.165) is 55.8 Å². The van der Waals surface area contributed by atoms with Gasteiger partial charge in [-0.15, -0.1) is 35.2 Å². The molecule has 83 heavy (non-hydrogen) atoms. The molecule has 0 aliphatic heterocycles. The molecule has 5 nitrogen and oxygen atoms in total. The number of rotatable bonds is 15. The first-order valence-electron chi connectivity index (χ1n) is 28.8. The summed E-state index contributed by atoms with van der Waals surface area (Å²) < 4.78 is 13.7. The Morgan fingerprint density at radius 1 is 0.470 bits per heavy atom. The second kappa shape index (κ2) is 22.8. The molecule has 0 aliphatic carbocycles. The zero-order chi connectivity index (χ0) is 56.9. The third-order valence-corrected chi connectivity index (χ3v) is 17.1. The standard InChI is InChI=1S/C77H70N4O.Pt/c1-52(2)66-35-25-36-67(53(3)4)74(66)72-50-79(62-45-60(76(7,8)57-30-19-13-20-31-57)44-61(46-62)77(9,10)58-32-21-14-22-33-58)51-80(72)63-42-55(54-26-15-11-16-27-54)43-65(48-63)82-64-38-39-69-68-34-23-24-37-70(68)81(71(69)49-64)73-47-59(40-41-78-73)75(5,6)56-28-17-12-18-29-56;/h11-47,50,52-53H,1-10H3;/q-2;. The van der Waals surface area contributed by atoms with E-state index in [-0.39, 0.29) is 49.1 Å². The van der Waals surface area contributed by atoms with E-state index in [0.29, 0.717) is 11.5 Å². The fourth-order valence-electron chi connectivity index (χ4n) is 12.0. The maximum Gasteiger partial charge on any atom is 0.267 e. The quantitative estimate of drug-likeness (QED) is 0.0757. The molecule has 0 fully saturated rings. The molecule has 0 N–H and O–H groups in total. The summed E-state index contributed by atoms with van der Waals surface area (Å²) in [6.45, 7) is 23.1. The molecule has 416 valence electrons. The molecule has 0 spiro atoms. The summed E-state index contributed by atoms with van der Waals surface area (Å²) >= 11 is 0. The van der Waals surface area contributed by atoms with E-state index in [9.17, 15) is 0 Å². The molecular weight excluding hydrogens is 1190 g/mol.